The molecule has 0 radical (unpaired) electrons. The van der Waals surface area contributed by atoms with Crippen molar-refractivity contribution in [3.63, 3.8) is 0 Å². The number of hydrogen-bond donors (Lipinski definition) is 0. The summed E-state index contributed by atoms with van der Waals surface area (Å²) in [6.07, 6.45) is 5.69. The molecule has 1 aromatic heterocycles. The van der Waals surface area contributed by atoms with Gasteiger partial charge in [-0.25, -0.2) is 0 Å². The van der Waals surface area contributed by atoms with Gasteiger partial charge in [0.15, 0.2) is 5.52 Å². The van der Waals surface area contributed by atoms with Crippen LogP contribution < -0.4 is 0 Å². The van der Waals surface area contributed by atoms with E-state index in [4.69, 9.17) is 0 Å². The smallest absolute Gasteiger partial charge is 0.189 e. The molecule has 0 aliphatic rings. The molecule has 4 aromatic rings. The van der Waals surface area contributed by atoms with Gasteiger partial charge in [-0.1, -0.05) is 42.5 Å². The number of fused-ring (bicyclic) bond motifs is 2. The predicted molar refractivity (Wildman–Crippen MR) is 96.5 cm³/mol. The van der Waals surface area contributed by atoms with Gasteiger partial charge in [0.05, 0.1) is 11.5 Å². The van der Waals surface area contributed by atoms with Gasteiger partial charge in [0.25, 0.3) is 0 Å². The molecule has 0 spiro atoms. The SMILES string of the molecule is C=[C+]c1ccc(Cc2ccc3ccccc3c2)c2cccnc12. The van der Waals surface area contributed by atoms with Crippen molar-refractivity contribution in [1.82, 2.24) is 4.98 Å². The van der Waals surface area contributed by atoms with Gasteiger partial charge in [-0.2, -0.15) is 4.98 Å². The molecule has 1 heteroatoms. The molecule has 23 heavy (non-hydrogen) atoms. The summed E-state index contributed by atoms with van der Waals surface area (Å²) in [6.45, 7) is 3.76. The van der Waals surface area contributed by atoms with Crippen LogP contribution in [-0.4, -0.2) is 4.98 Å². The molecule has 0 unspecified atom stereocenters. The largest absolute Gasteiger partial charge is 0.214 e. The third-order valence-electron chi connectivity index (χ3n) is 4.26. The van der Waals surface area contributed by atoms with E-state index < -0.39 is 0 Å². The van der Waals surface area contributed by atoms with E-state index in [2.05, 4.69) is 78.3 Å². The van der Waals surface area contributed by atoms with Crippen molar-refractivity contribution in [2.45, 2.75) is 6.42 Å². The zero-order valence-electron chi connectivity index (χ0n) is 12.8. The fraction of sp³-hybridized carbons (Fsp3) is 0.0455. The van der Waals surface area contributed by atoms with Gasteiger partial charge in [0.2, 0.25) is 5.56 Å². The Morgan fingerprint density at radius 3 is 2.61 bits per heavy atom. The van der Waals surface area contributed by atoms with Crippen LogP contribution in [0.3, 0.4) is 0 Å². The fourth-order valence-electron chi connectivity index (χ4n) is 3.10. The number of rotatable bonds is 3. The molecule has 0 saturated heterocycles. The van der Waals surface area contributed by atoms with Crippen LogP contribution in [0.25, 0.3) is 21.7 Å². The van der Waals surface area contributed by atoms with Gasteiger partial charge in [-0.15, -0.1) is 0 Å². The van der Waals surface area contributed by atoms with Gasteiger partial charge in [-0.05, 0) is 34.0 Å². The normalized spacial score (nSPS) is 10.8. The minimum atomic E-state index is 0.893. The highest BCUT2D eigenvalue weighted by molar-refractivity contribution is 5.87. The van der Waals surface area contributed by atoms with Crippen LogP contribution in [0.2, 0.25) is 0 Å². The van der Waals surface area contributed by atoms with Crippen molar-refractivity contribution >= 4 is 21.7 Å². The monoisotopic (exact) mass is 294 g/mol. The lowest BCUT2D eigenvalue weighted by atomic mass is 9.96. The maximum Gasteiger partial charge on any atom is 0.214 e. The maximum atomic E-state index is 4.50. The number of pyridine rings is 1. The summed E-state index contributed by atoms with van der Waals surface area (Å²) in [5.74, 6) is 0. The van der Waals surface area contributed by atoms with Crippen LogP contribution in [0.5, 0.6) is 0 Å². The standard InChI is InChI=1S/C22H16N/c1-2-17-11-12-20(21-8-5-13-23-22(17)21)15-16-9-10-18-6-3-4-7-19(18)14-16/h3-14H,1,15H2/q+1. The summed E-state index contributed by atoms with van der Waals surface area (Å²) in [6, 6.07) is 23.5. The van der Waals surface area contributed by atoms with Gasteiger partial charge in [-0.3, -0.25) is 0 Å². The van der Waals surface area contributed by atoms with E-state index in [-0.39, 0.29) is 0 Å². The highest BCUT2D eigenvalue weighted by atomic mass is 14.6. The Morgan fingerprint density at radius 1 is 0.870 bits per heavy atom. The quantitative estimate of drug-likeness (QED) is 0.466. The van der Waals surface area contributed by atoms with E-state index in [1.54, 1.807) is 0 Å². The summed E-state index contributed by atoms with van der Waals surface area (Å²) in [4.78, 5) is 4.50. The van der Waals surface area contributed by atoms with Crippen molar-refractivity contribution in [3.05, 3.63) is 102 Å². The Morgan fingerprint density at radius 2 is 1.74 bits per heavy atom. The van der Waals surface area contributed by atoms with Crippen LogP contribution in [0, 0.1) is 6.08 Å². The van der Waals surface area contributed by atoms with Crippen LogP contribution in [0.15, 0.2) is 79.5 Å². The lowest BCUT2D eigenvalue weighted by molar-refractivity contribution is 1.21. The molecule has 108 valence electrons. The second-order valence-corrected chi connectivity index (χ2v) is 5.71. The van der Waals surface area contributed by atoms with E-state index >= 15 is 0 Å². The molecule has 1 heterocycles. The first-order valence-corrected chi connectivity index (χ1v) is 7.72. The molecule has 0 N–H and O–H groups in total. The number of aromatic nitrogens is 1. The van der Waals surface area contributed by atoms with Gasteiger partial charge in [0.1, 0.15) is 0 Å². The van der Waals surface area contributed by atoms with Crippen LogP contribution >= 0.6 is 0 Å². The second-order valence-electron chi connectivity index (χ2n) is 5.71. The number of benzene rings is 3. The van der Waals surface area contributed by atoms with Gasteiger partial charge < -0.3 is 0 Å². The first kappa shape index (κ1) is 13.6. The number of hydrogen-bond acceptors (Lipinski definition) is 1. The summed E-state index contributed by atoms with van der Waals surface area (Å²) >= 11 is 0. The molecular formula is C22H16N+. The van der Waals surface area contributed by atoms with E-state index in [9.17, 15) is 0 Å². The predicted octanol–water partition coefficient (Wildman–Crippen LogP) is 5.32. The maximum absolute atomic E-state index is 4.50. The van der Waals surface area contributed by atoms with Crippen molar-refractivity contribution < 1.29 is 0 Å². The van der Waals surface area contributed by atoms with E-state index in [0.29, 0.717) is 0 Å². The van der Waals surface area contributed by atoms with Crippen LogP contribution in [0.4, 0.5) is 0 Å². The third-order valence-corrected chi connectivity index (χ3v) is 4.26. The molecule has 0 amide bonds. The fourth-order valence-corrected chi connectivity index (χ4v) is 3.10. The van der Waals surface area contributed by atoms with Gasteiger partial charge in [0, 0.05) is 31.3 Å². The lowest BCUT2D eigenvalue weighted by Gasteiger charge is -2.06. The molecule has 0 aliphatic heterocycles. The van der Waals surface area contributed by atoms with Crippen molar-refractivity contribution in [2.24, 2.45) is 0 Å². The number of nitrogens with zero attached hydrogens (tertiary/aromatic N) is 1. The van der Waals surface area contributed by atoms with Crippen molar-refractivity contribution in [3.8, 4) is 0 Å². The Hall–Kier alpha value is -3.02. The molecule has 0 aliphatic carbocycles. The average Bonchev–Trinajstić information content (AvgIpc) is 2.62. The molecule has 4 rings (SSSR count). The zero-order valence-corrected chi connectivity index (χ0v) is 12.8. The molecular weight excluding hydrogens is 278 g/mol. The Bertz CT molecular complexity index is 1010. The third kappa shape index (κ3) is 2.48. The zero-order chi connectivity index (χ0) is 15.6. The van der Waals surface area contributed by atoms with Crippen LogP contribution in [0.1, 0.15) is 16.7 Å². The van der Waals surface area contributed by atoms with Gasteiger partial charge >= 0.3 is 0 Å². The summed E-state index contributed by atoms with van der Waals surface area (Å²) < 4.78 is 0. The molecule has 0 saturated carbocycles. The topological polar surface area (TPSA) is 12.9 Å². The molecule has 0 fully saturated rings. The lowest BCUT2D eigenvalue weighted by Crippen LogP contribution is -1.93. The highest BCUT2D eigenvalue weighted by Gasteiger charge is 2.13. The summed E-state index contributed by atoms with van der Waals surface area (Å²) in [5, 5.41) is 3.73. The first-order valence-electron chi connectivity index (χ1n) is 7.72. The Labute approximate surface area is 135 Å². The minimum Gasteiger partial charge on any atom is -0.189 e. The second kappa shape index (κ2) is 5.64. The summed E-state index contributed by atoms with van der Waals surface area (Å²) in [7, 11) is 0. The minimum absolute atomic E-state index is 0.893. The van der Waals surface area contributed by atoms with E-state index in [1.165, 1.54) is 27.3 Å². The molecule has 1 nitrogen and oxygen atoms in total. The Kier molecular flexibility index (Phi) is 3.34. The molecule has 3 aromatic carbocycles. The molecule has 0 atom stereocenters. The summed E-state index contributed by atoms with van der Waals surface area (Å²) in [5.41, 5.74) is 4.52. The van der Waals surface area contributed by atoms with Crippen molar-refractivity contribution in [2.75, 3.05) is 0 Å². The van der Waals surface area contributed by atoms with E-state index in [0.717, 1.165) is 17.5 Å². The first-order chi connectivity index (χ1) is 11.3. The Balaban J connectivity index is 1.81. The highest BCUT2D eigenvalue weighted by Crippen LogP contribution is 2.24. The van der Waals surface area contributed by atoms with E-state index in [1.807, 2.05) is 12.3 Å². The van der Waals surface area contributed by atoms with Crippen molar-refractivity contribution in [1.29, 1.82) is 0 Å². The average molecular weight is 294 g/mol. The molecule has 0 bridgehead atoms. The van der Waals surface area contributed by atoms with Crippen LogP contribution in [-0.2, 0) is 6.42 Å².